The first-order chi connectivity index (χ1) is 11.6. The van der Waals surface area contributed by atoms with Gasteiger partial charge < -0.3 is 9.15 Å². The van der Waals surface area contributed by atoms with Crippen molar-refractivity contribution < 1.29 is 9.15 Å². The highest BCUT2D eigenvalue weighted by atomic mass is 16.5. The van der Waals surface area contributed by atoms with Gasteiger partial charge in [0.15, 0.2) is 0 Å². The topological polar surface area (TPSA) is 61.4 Å². The van der Waals surface area contributed by atoms with Gasteiger partial charge in [-0.25, -0.2) is 9.59 Å². The standard InChI is InChI=1S/C19H19NO4/c1-13-7-5-10-17(14(13)2)23-12-6-11-20-16-9-4-3-8-15(16)18(21)24-19(20)22/h3-5,7-10H,6,11-12H2,1-2H3. The van der Waals surface area contributed by atoms with E-state index in [0.29, 0.717) is 30.5 Å². The molecule has 0 N–H and O–H groups in total. The molecular formula is C19H19NO4. The number of aryl methyl sites for hydroxylation is 2. The first kappa shape index (κ1) is 16.1. The molecule has 5 nitrogen and oxygen atoms in total. The molecule has 5 heteroatoms. The van der Waals surface area contributed by atoms with Crippen LogP contribution in [0.25, 0.3) is 10.9 Å². The summed E-state index contributed by atoms with van der Waals surface area (Å²) < 4.78 is 12.1. The van der Waals surface area contributed by atoms with Gasteiger partial charge in [0.2, 0.25) is 0 Å². The van der Waals surface area contributed by atoms with Crippen molar-refractivity contribution in [1.29, 1.82) is 0 Å². The maximum absolute atomic E-state index is 12.0. The maximum Gasteiger partial charge on any atom is 0.422 e. The zero-order valence-electron chi connectivity index (χ0n) is 13.7. The molecule has 0 amide bonds. The third-order valence-corrected chi connectivity index (χ3v) is 4.15. The molecule has 0 fully saturated rings. The predicted octanol–water partition coefficient (Wildman–Crippen LogP) is 3.04. The molecule has 24 heavy (non-hydrogen) atoms. The zero-order chi connectivity index (χ0) is 17.1. The lowest BCUT2D eigenvalue weighted by Gasteiger charge is -2.12. The molecule has 0 aliphatic heterocycles. The molecule has 3 aromatic rings. The van der Waals surface area contributed by atoms with E-state index >= 15 is 0 Å². The summed E-state index contributed by atoms with van der Waals surface area (Å²) in [5.41, 5.74) is 2.29. The van der Waals surface area contributed by atoms with E-state index in [2.05, 4.69) is 0 Å². The molecule has 124 valence electrons. The molecule has 0 saturated carbocycles. The van der Waals surface area contributed by atoms with Crippen LogP contribution in [0.5, 0.6) is 5.75 Å². The van der Waals surface area contributed by atoms with E-state index in [-0.39, 0.29) is 0 Å². The minimum atomic E-state index is -0.634. The lowest BCUT2D eigenvalue weighted by molar-refractivity contribution is 0.294. The number of aromatic nitrogens is 1. The van der Waals surface area contributed by atoms with Crippen molar-refractivity contribution in [2.24, 2.45) is 0 Å². The van der Waals surface area contributed by atoms with Crippen molar-refractivity contribution in [3.05, 3.63) is 74.6 Å². The van der Waals surface area contributed by atoms with Crippen molar-refractivity contribution in [2.45, 2.75) is 26.8 Å². The molecule has 3 rings (SSSR count). The predicted molar refractivity (Wildman–Crippen MR) is 92.8 cm³/mol. The van der Waals surface area contributed by atoms with Crippen LogP contribution in [0, 0.1) is 13.8 Å². The second kappa shape index (κ2) is 6.74. The highest BCUT2D eigenvalue weighted by Crippen LogP contribution is 2.20. The van der Waals surface area contributed by atoms with Crippen molar-refractivity contribution in [2.75, 3.05) is 6.61 Å². The lowest BCUT2D eigenvalue weighted by atomic mass is 10.1. The van der Waals surface area contributed by atoms with Gasteiger partial charge in [0, 0.05) is 6.54 Å². The second-order valence-corrected chi connectivity index (χ2v) is 5.72. The molecule has 0 bridgehead atoms. The van der Waals surface area contributed by atoms with Gasteiger partial charge in [-0.2, -0.15) is 0 Å². The van der Waals surface area contributed by atoms with Crippen molar-refractivity contribution in [3.63, 3.8) is 0 Å². The molecule has 0 spiro atoms. The normalized spacial score (nSPS) is 10.9. The first-order valence-electron chi connectivity index (χ1n) is 7.89. The van der Waals surface area contributed by atoms with Crippen LogP contribution in [-0.2, 0) is 6.54 Å². The van der Waals surface area contributed by atoms with Gasteiger partial charge in [0.1, 0.15) is 5.75 Å². The quantitative estimate of drug-likeness (QED) is 0.677. The molecule has 1 aromatic heterocycles. The van der Waals surface area contributed by atoms with Crippen LogP contribution in [0.15, 0.2) is 56.5 Å². The van der Waals surface area contributed by atoms with Gasteiger partial charge in [0.05, 0.1) is 17.5 Å². The molecular weight excluding hydrogens is 306 g/mol. The van der Waals surface area contributed by atoms with Crippen LogP contribution in [0.3, 0.4) is 0 Å². The van der Waals surface area contributed by atoms with Gasteiger partial charge in [-0.15, -0.1) is 0 Å². The Hall–Kier alpha value is -2.82. The Kier molecular flexibility index (Phi) is 4.51. The van der Waals surface area contributed by atoms with Crippen LogP contribution in [0.2, 0.25) is 0 Å². The fourth-order valence-electron chi connectivity index (χ4n) is 2.67. The van der Waals surface area contributed by atoms with E-state index in [4.69, 9.17) is 9.15 Å². The van der Waals surface area contributed by atoms with E-state index in [0.717, 1.165) is 11.3 Å². The van der Waals surface area contributed by atoms with E-state index in [9.17, 15) is 9.59 Å². The van der Waals surface area contributed by atoms with Crippen molar-refractivity contribution >= 4 is 10.9 Å². The maximum atomic E-state index is 12.0. The zero-order valence-corrected chi connectivity index (χ0v) is 13.7. The van der Waals surface area contributed by atoms with Gasteiger partial charge in [0.25, 0.3) is 0 Å². The Morgan fingerprint density at radius 1 is 1.04 bits per heavy atom. The van der Waals surface area contributed by atoms with Crippen LogP contribution in [-0.4, -0.2) is 11.2 Å². The molecule has 1 heterocycles. The summed E-state index contributed by atoms with van der Waals surface area (Å²) in [6.07, 6.45) is 0.630. The fraction of sp³-hybridized carbons (Fsp3) is 0.263. The Labute approximate surface area is 139 Å². The lowest BCUT2D eigenvalue weighted by Crippen LogP contribution is -2.25. The third-order valence-electron chi connectivity index (χ3n) is 4.15. The Balaban J connectivity index is 1.74. The molecule has 0 aliphatic rings. The van der Waals surface area contributed by atoms with E-state index in [1.165, 1.54) is 10.1 Å². The number of hydrogen-bond acceptors (Lipinski definition) is 4. The summed E-state index contributed by atoms with van der Waals surface area (Å²) in [6, 6.07) is 12.9. The summed E-state index contributed by atoms with van der Waals surface area (Å²) in [5, 5.41) is 0.410. The summed E-state index contributed by atoms with van der Waals surface area (Å²) in [5.74, 6) is 0.220. The highest BCUT2D eigenvalue weighted by Gasteiger charge is 2.08. The van der Waals surface area contributed by atoms with Crippen LogP contribution in [0.1, 0.15) is 17.5 Å². The molecule has 0 atom stereocenters. The van der Waals surface area contributed by atoms with Crippen LogP contribution < -0.4 is 16.1 Å². The largest absolute Gasteiger partial charge is 0.493 e. The van der Waals surface area contributed by atoms with Crippen molar-refractivity contribution in [3.8, 4) is 5.75 Å². The fourth-order valence-corrected chi connectivity index (χ4v) is 2.67. The number of benzene rings is 2. The second-order valence-electron chi connectivity index (χ2n) is 5.72. The third kappa shape index (κ3) is 3.11. The van der Waals surface area contributed by atoms with Crippen molar-refractivity contribution in [1.82, 2.24) is 4.57 Å². The Morgan fingerprint density at radius 2 is 1.83 bits per heavy atom. The van der Waals surface area contributed by atoms with Gasteiger partial charge >= 0.3 is 11.4 Å². The average Bonchev–Trinajstić information content (AvgIpc) is 2.57. The minimum absolute atomic E-state index is 0.410. The monoisotopic (exact) mass is 325 g/mol. The van der Waals surface area contributed by atoms with Gasteiger partial charge in [-0.3, -0.25) is 4.57 Å². The Bertz CT molecular complexity index is 985. The number of nitrogens with zero attached hydrogens (tertiary/aromatic N) is 1. The number of rotatable bonds is 5. The molecule has 2 aromatic carbocycles. The van der Waals surface area contributed by atoms with Crippen LogP contribution >= 0.6 is 0 Å². The molecule has 0 unspecified atom stereocenters. The highest BCUT2D eigenvalue weighted by molar-refractivity contribution is 5.77. The minimum Gasteiger partial charge on any atom is -0.493 e. The first-order valence-corrected chi connectivity index (χ1v) is 7.89. The summed E-state index contributed by atoms with van der Waals surface area (Å²) in [6.45, 7) is 4.96. The number of hydrogen-bond donors (Lipinski definition) is 0. The van der Waals surface area contributed by atoms with Gasteiger partial charge in [-0.05, 0) is 49.6 Å². The summed E-state index contributed by atoms with van der Waals surface area (Å²) in [7, 11) is 0. The molecule has 0 saturated heterocycles. The number of para-hydroxylation sites is 1. The Morgan fingerprint density at radius 3 is 2.67 bits per heavy atom. The van der Waals surface area contributed by atoms with E-state index in [1.54, 1.807) is 24.3 Å². The molecule has 0 radical (unpaired) electrons. The average molecular weight is 325 g/mol. The van der Waals surface area contributed by atoms with Crippen LogP contribution in [0.4, 0.5) is 0 Å². The van der Waals surface area contributed by atoms with E-state index in [1.807, 2.05) is 32.0 Å². The number of fused-ring (bicyclic) bond motifs is 1. The summed E-state index contributed by atoms with van der Waals surface area (Å²) >= 11 is 0. The smallest absolute Gasteiger partial charge is 0.422 e. The summed E-state index contributed by atoms with van der Waals surface area (Å²) in [4.78, 5) is 23.7. The SMILES string of the molecule is Cc1cccc(OCCCn2c(=O)oc(=O)c3ccccc32)c1C. The van der Waals surface area contributed by atoms with Gasteiger partial charge in [-0.1, -0.05) is 24.3 Å². The molecule has 0 aliphatic carbocycles. The number of ether oxygens (including phenoxy) is 1. The van der Waals surface area contributed by atoms with E-state index < -0.39 is 11.4 Å².